The quantitative estimate of drug-likeness (QED) is 0.119. The van der Waals surface area contributed by atoms with Crippen molar-refractivity contribution in [2.75, 3.05) is 6.61 Å². The molecule has 1 fully saturated rings. The van der Waals surface area contributed by atoms with E-state index in [9.17, 15) is 19.5 Å². The Morgan fingerprint density at radius 1 is 1.57 bits per heavy atom. The third-order valence-electron chi connectivity index (χ3n) is 3.33. The van der Waals surface area contributed by atoms with Crippen LogP contribution in [0, 0.1) is 11.8 Å². The predicted octanol–water partition coefficient (Wildman–Crippen LogP) is -0.913. The molecule has 8 heteroatoms. The van der Waals surface area contributed by atoms with Crippen LogP contribution in [0.1, 0.15) is 13.8 Å². The number of ketones is 1. The summed E-state index contributed by atoms with van der Waals surface area (Å²) in [6.45, 7) is 6.12. The number of esters is 1. The maximum atomic E-state index is 12.1. The maximum Gasteiger partial charge on any atom is 0.441 e. The summed E-state index contributed by atoms with van der Waals surface area (Å²) in [7, 11) is 0. The number of Topliss-reactive ketones (excluding diaryl/α,β-unsaturated/α-hetero) is 1. The van der Waals surface area contributed by atoms with Gasteiger partial charge in [0, 0.05) is 5.92 Å². The lowest BCUT2D eigenvalue weighted by molar-refractivity contribution is -0.145. The Kier molecular flexibility index (Phi) is 5.52. The first-order valence-electron chi connectivity index (χ1n) is 6.37. The van der Waals surface area contributed by atoms with Crippen LogP contribution in [-0.4, -0.2) is 52.0 Å². The van der Waals surface area contributed by atoms with E-state index in [-0.39, 0.29) is 12.5 Å². The normalized spacial score (nSPS) is 22.9. The first kappa shape index (κ1) is 16.7. The predicted molar refractivity (Wildman–Crippen MR) is 71.1 cm³/mol. The summed E-state index contributed by atoms with van der Waals surface area (Å²) in [6.07, 6.45) is 0.373. The van der Waals surface area contributed by atoms with E-state index >= 15 is 0 Å². The SMILES string of the molecule is C=CCOC(=O)C(=[N+]=[N-])C(=O)[C@H](C)[C@H]1NC(=O)[C@@H]1[C@H](C)O. The minimum absolute atomic E-state index is 0.129. The summed E-state index contributed by atoms with van der Waals surface area (Å²) in [5, 5.41) is 12.0. The van der Waals surface area contributed by atoms with Crippen LogP contribution < -0.4 is 5.32 Å². The van der Waals surface area contributed by atoms with Crippen LogP contribution in [0.3, 0.4) is 0 Å². The number of amides is 1. The van der Waals surface area contributed by atoms with Gasteiger partial charge in [0.05, 0.1) is 18.1 Å². The van der Waals surface area contributed by atoms with E-state index in [1.165, 1.54) is 19.9 Å². The molecule has 1 aliphatic rings. The summed E-state index contributed by atoms with van der Waals surface area (Å²) >= 11 is 0. The van der Waals surface area contributed by atoms with Gasteiger partial charge in [0.25, 0.3) is 5.78 Å². The van der Waals surface area contributed by atoms with Gasteiger partial charge in [0.1, 0.15) is 6.61 Å². The zero-order valence-corrected chi connectivity index (χ0v) is 11.8. The molecule has 8 nitrogen and oxygen atoms in total. The number of rotatable bonds is 7. The number of nitrogens with zero attached hydrogens (tertiary/aromatic N) is 2. The van der Waals surface area contributed by atoms with Gasteiger partial charge >= 0.3 is 11.7 Å². The van der Waals surface area contributed by atoms with Crippen molar-refractivity contribution in [1.29, 1.82) is 0 Å². The number of carbonyl (C=O) groups is 3. The molecule has 0 aromatic carbocycles. The lowest BCUT2D eigenvalue weighted by atomic mass is 9.76. The molecular weight excluding hydrogens is 278 g/mol. The molecule has 0 aromatic heterocycles. The Morgan fingerprint density at radius 3 is 2.62 bits per heavy atom. The minimum atomic E-state index is -1.08. The summed E-state index contributed by atoms with van der Waals surface area (Å²) < 4.78 is 4.64. The number of hydrogen-bond acceptors (Lipinski definition) is 5. The van der Waals surface area contributed by atoms with Crippen LogP contribution in [-0.2, 0) is 19.1 Å². The fourth-order valence-electron chi connectivity index (χ4n) is 2.14. The van der Waals surface area contributed by atoms with Crippen molar-refractivity contribution in [1.82, 2.24) is 5.32 Å². The number of hydrogen-bond donors (Lipinski definition) is 2. The minimum Gasteiger partial charge on any atom is -0.453 e. The number of ether oxygens (including phenoxy) is 1. The molecule has 0 bridgehead atoms. The molecule has 114 valence electrons. The number of nitrogens with one attached hydrogen (secondary N) is 1. The number of β-lactam (4-membered cyclic amide) rings is 1. The largest absolute Gasteiger partial charge is 0.453 e. The molecule has 1 rings (SSSR count). The summed E-state index contributed by atoms with van der Waals surface area (Å²) in [6, 6.07) is -0.631. The molecule has 0 spiro atoms. The second kappa shape index (κ2) is 6.92. The van der Waals surface area contributed by atoms with Gasteiger partial charge in [-0.15, -0.1) is 0 Å². The van der Waals surface area contributed by atoms with E-state index in [0.717, 1.165) is 0 Å². The van der Waals surface area contributed by atoms with Gasteiger partial charge in [0.15, 0.2) is 0 Å². The van der Waals surface area contributed by atoms with Crippen LogP contribution in [0.15, 0.2) is 12.7 Å². The molecule has 1 heterocycles. The smallest absolute Gasteiger partial charge is 0.441 e. The Labute approximate surface area is 121 Å². The molecule has 4 atom stereocenters. The molecular formula is C13H17N3O5. The van der Waals surface area contributed by atoms with Crippen molar-refractivity contribution in [2.45, 2.75) is 26.0 Å². The van der Waals surface area contributed by atoms with Crippen molar-refractivity contribution in [2.24, 2.45) is 11.8 Å². The van der Waals surface area contributed by atoms with E-state index < -0.39 is 41.4 Å². The van der Waals surface area contributed by atoms with Crippen LogP contribution in [0.2, 0.25) is 0 Å². The van der Waals surface area contributed by atoms with Crippen molar-refractivity contribution in [3.8, 4) is 0 Å². The average Bonchev–Trinajstić information content (AvgIpc) is 2.41. The van der Waals surface area contributed by atoms with Crippen molar-refractivity contribution >= 4 is 23.4 Å². The lowest BCUT2D eigenvalue weighted by Crippen LogP contribution is -2.66. The first-order valence-corrected chi connectivity index (χ1v) is 6.37. The lowest BCUT2D eigenvalue weighted by Gasteiger charge is -2.40. The Morgan fingerprint density at radius 2 is 2.19 bits per heavy atom. The van der Waals surface area contributed by atoms with Gasteiger partial charge in [-0.05, 0) is 6.92 Å². The van der Waals surface area contributed by atoms with Gasteiger partial charge in [-0.25, -0.2) is 4.79 Å². The number of carbonyl (C=O) groups excluding carboxylic acids is 3. The zero-order chi connectivity index (χ0) is 16.2. The highest BCUT2D eigenvalue weighted by Gasteiger charge is 2.50. The summed E-state index contributed by atoms with van der Waals surface area (Å²) in [4.78, 5) is 37.7. The molecule has 21 heavy (non-hydrogen) atoms. The molecule has 0 saturated carbocycles. The standard InChI is InChI=1S/C13H17N3O5/c1-4-5-21-13(20)10(16-14)11(18)6(2)9-8(7(3)17)12(19)15-9/h4,6-9,17H,1,5H2,2-3H3,(H,15,19)/t6-,7+,8-,9-/m1/s1. The molecule has 1 amide bonds. The first-order chi connectivity index (χ1) is 9.84. The van der Waals surface area contributed by atoms with Crippen LogP contribution in [0.4, 0.5) is 0 Å². The summed E-state index contributed by atoms with van der Waals surface area (Å²) in [5.74, 6) is -3.81. The van der Waals surface area contributed by atoms with E-state index in [2.05, 4.69) is 21.4 Å². The molecule has 1 aliphatic heterocycles. The van der Waals surface area contributed by atoms with Crippen LogP contribution >= 0.6 is 0 Å². The molecule has 0 aromatic rings. The molecule has 0 aliphatic carbocycles. The second-order valence-corrected chi connectivity index (χ2v) is 4.79. The van der Waals surface area contributed by atoms with E-state index in [0.29, 0.717) is 0 Å². The van der Waals surface area contributed by atoms with Crippen molar-refractivity contribution in [3.63, 3.8) is 0 Å². The number of aliphatic hydroxyl groups is 1. The van der Waals surface area contributed by atoms with Gasteiger partial charge in [-0.3, -0.25) is 9.59 Å². The van der Waals surface area contributed by atoms with Crippen molar-refractivity contribution < 1.29 is 29.0 Å². The third kappa shape index (κ3) is 3.42. The maximum absolute atomic E-state index is 12.1. The molecule has 1 saturated heterocycles. The number of aliphatic hydroxyl groups excluding tert-OH is 1. The summed E-state index contributed by atoms with van der Waals surface area (Å²) in [5.41, 5.74) is 8.06. The average molecular weight is 295 g/mol. The highest BCUT2D eigenvalue weighted by molar-refractivity contribution is 6.62. The molecule has 0 radical (unpaired) electrons. The highest BCUT2D eigenvalue weighted by Crippen LogP contribution is 2.26. The Balaban J connectivity index is 2.82. The Hall–Kier alpha value is -2.31. The van der Waals surface area contributed by atoms with E-state index in [1.807, 2.05) is 0 Å². The van der Waals surface area contributed by atoms with Gasteiger partial charge in [-0.1, -0.05) is 19.6 Å². The second-order valence-electron chi connectivity index (χ2n) is 4.79. The van der Waals surface area contributed by atoms with E-state index in [1.54, 1.807) is 0 Å². The molecule has 2 N–H and O–H groups in total. The van der Waals surface area contributed by atoms with E-state index in [4.69, 9.17) is 5.53 Å². The van der Waals surface area contributed by atoms with Gasteiger partial charge in [-0.2, -0.15) is 4.79 Å². The van der Waals surface area contributed by atoms with Crippen LogP contribution in [0.5, 0.6) is 0 Å². The monoisotopic (exact) mass is 295 g/mol. The van der Waals surface area contributed by atoms with Gasteiger partial charge in [0.2, 0.25) is 5.91 Å². The third-order valence-corrected chi connectivity index (χ3v) is 3.33. The van der Waals surface area contributed by atoms with Gasteiger partial charge < -0.3 is 20.7 Å². The Bertz CT molecular complexity index is 522. The fourth-order valence-corrected chi connectivity index (χ4v) is 2.14. The zero-order valence-electron chi connectivity index (χ0n) is 11.8. The molecule has 0 unspecified atom stereocenters. The van der Waals surface area contributed by atoms with Crippen LogP contribution in [0.25, 0.3) is 5.53 Å². The van der Waals surface area contributed by atoms with Crippen molar-refractivity contribution in [3.05, 3.63) is 18.2 Å². The fraction of sp³-hybridized carbons (Fsp3) is 0.538. The highest BCUT2D eigenvalue weighted by atomic mass is 16.5. The topological polar surface area (TPSA) is 129 Å².